The van der Waals surface area contributed by atoms with Crippen molar-refractivity contribution in [1.82, 2.24) is 20.1 Å². The van der Waals surface area contributed by atoms with Crippen LogP contribution in [0.3, 0.4) is 0 Å². The van der Waals surface area contributed by atoms with Crippen molar-refractivity contribution in [3.05, 3.63) is 12.2 Å². The molecule has 5 heteroatoms. The third kappa shape index (κ3) is 2.84. The topological polar surface area (TPSA) is 52.0 Å². The van der Waals surface area contributed by atoms with Crippen LogP contribution in [0.2, 0.25) is 0 Å². The number of nitrogens with one attached hydrogen (secondary N) is 1. The second kappa shape index (κ2) is 5.60. The molecule has 1 aliphatic heterocycles. The number of ether oxygens (including phenoxy) is 1. The Labute approximate surface area is 103 Å². The summed E-state index contributed by atoms with van der Waals surface area (Å²) in [5.41, 5.74) is 0.202. The van der Waals surface area contributed by atoms with Crippen LogP contribution in [-0.2, 0) is 17.7 Å². The molecule has 1 aliphatic rings. The van der Waals surface area contributed by atoms with Crippen molar-refractivity contribution in [2.75, 3.05) is 26.8 Å². The van der Waals surface area contributed by atoms with Crippen LogP contribution in [0.25, 0.3) is 0 Å². The van der Waals surface area contributed by atoms with Gasteiger partial charge in [0.05, 0.1) is 6.61 Å². The van der Waals surface area contributed by atoms with Gasteiger partial charge in [0.1, 0.15) is 12.2 Å². The lowest BCUT2D eigenvalue weighted by Gasteiger charge is -2.26. The fourth-order valence-corrected chi connectivity index (χ4v) is 2.52. The predicted molar refractivity (Wildman–Crippen MR) is 65.8 cm³/mol. The summed E-state index contributed by atoms with van der Waals surface area (Å²) in [6.45, 7) is 5.78. The molecule has 1 fully saturated rings. The van der Waals surface area contributed by atoms with Crippen LogP contribution in [0.1, 0.15) is 25.6 Å². The van der Waals surface area contributed by atoms with E-state index >= 15 is 0 Å². The number of aromatic nitrogens is 3. The summed E-state index contributed by atoms with van der Waals surface area (Å²) < 4.78 is 7.59. The third-order valence-corrected chi connectivity index (χ3v) is 3.40. The average molecular weight is 238 g/mol. The fraction of sp³-hybridized carbons (Fsp3) is 0.833. The molecule has 2 heterocycles. The maximum absolute atomic E-state index is 5.56. The van der Waals surface area contributed by atoms with E-state index in [4.69, 9.17) is 4.74 Å². The summed E-state index contributed by atoms with van der Waals surface area (Å²) in [7, 11) is 2.00. The van der Waals surface area contributed by atoms with Crippen LogP contribution in [0.15, 0.2) is 6.33 Å². The van der Waals surface area contributed by atoms with Crippen LogP contribution in [-0.4, -0.2) is 41.6 Å². The molecule has 1 aromatic rings. The quantitative estimate of drug-likeness (QED) is 0.798. The van der Waals surface area contributed by atoms with Crippen LogP contribution < -0.4 is 5.32 Å². The summed E-state index contributed by atoms with van der Waals surface area (Å²) in [5.74, 6) is 1.09. The van der Waals surface area contributed by atoms with Crippen molar-refractivity contribution >= 4 is 0 Å². The molecule has 0 aliphatic carbocycles. The average Bonchev–Trinajstić information content (AvgIpc) is 2.92. The SMILES string of the molecule is CCCn1ncnc1CC1(CNC)CCOC1. The minimum atomic E-state index is 0.202. The minimum absolute atomic E-state index is 0.202. The van der Waals surface area contributed by atoms with E-state index in [-0.39, 0.29) is 5.41 Å². The largest absolute Gasteiger partial charge is 0.381 e. The van der Waals surface area contributed by atoms with E-state index in [1.807, 2.05) is 11.7 Å². The summed E-state index contributed by atoms with van der Waals surface area (Å²) in [6, 6.07) is 0. The van der Waals surface area contributed by atoms with E-state index in [9.17, 15) is 0 Å². The number of hydrogen-bond acceptors (Lipinski definition) is 4. The summed E-state index contributed by atoms with van der Waals surface area (Å²) in [5, 5.41) is 7.56. The first-order valence-electron chi connectivity index (χ1n) is 6.39. The Morgan fingerprint density at radius 3 is 3.12 bits per heavy atom. The molecule has 1 saturated heterocycles. The summed E-state index contributed by atoms with van der Waals surface area (Å²) >= 11 is 0. The molecule has 0 aromatic carbocycles. The highest BCUT2D eigenvalue weighted by molar-refractivity contribution is 4.97. The molecule has 0 spiro atoms. The van der Waals surface area contributed by atoms with E-state index < -0.39 is 0 Å². The zero-order valence-corrected chi connectivity index (χ0v) is 10.8. The molecule has 0 saturated carbocycles. The molecule has 17 heavy (non-hydrogen) atoms. The van der Waals surface area contributed by atoms with Gasteiger partial charge in [-0.2, -0.15) is 5.10 Å². The normalized spacial score (nSPS) is 24.4. The van der Waals surface area contributed by atoms with Crippen molar-refractivity contribution in [2.45, 2.75) is 32.7 Å². The second-order valence-corrected chi connectivity index (χ2v) is 4.91. The lowest BCUT2D eigenvalue weighted by Crippen LogP contribution is -2.36. The van der Waals surface area contributed by atoms with E-state index in [0.717, 1.165) is 51.4 Å². The zero-order valence-electron chi connectivity index (χ0n) is 10.8. The van der Waals surface area contributed by atoms with Crippen molar-refractivity contribution in [3.8, 4) is 0 Å². The Kier molecular flexibility index (Phi) is 4.12. The standard InChI is InChI=1S/C12H22N4O/c1-3-5-16-11(14-10-15-16)7-12(8-13-2)4-6-17-9-12/h10,13H,3-9H2,1-2H3. The Morgan fingerprint density at radius 1 is 1.59 bits per heavy atom. The van der Waals surface area contributed by atoms with Gasteiger partial charge < -0.3 is 10.1 Å². The molecule has 96 valence electrons. The molecular weight excluding hydrogens is 216 g/mol. The van der Waals surface area contributed by atoms with Gasteiger partial charge >= 0.3 is 0 Å². The van der Waals surface area contributed by atoms with E-state index in [0.29, 0.717) is 0 Å². The highest BCUT2D eigenvalue weighted by atomic mass is 16.5. The van der Waals surface area contributed by atoms with Crippen molar-refractivity contribution in [2.24, 2.45) is 5.41 Å². The molecule has 1 unspecified atom stereocenters. The zero-order chi connectivity index (χ0) is 12.1. The van der Waals surface area contributed by atoms with Crippen LogP contribution in [0, 0.1) is 5.41 Å². The van der Waals surface area contributed by atoms with Crippen LogP contribution >= 0.6 is 0 Å². The molecule has 1 aromatic heterocycles. The number of hydrogen-bond donors (Lipinski definition) is 1. The van der Waals surface area contributed by atoms with Gasteiger partial charge in [0.25, 0.3) is 0 Å². The van der Waals surface area contributed by atoms with Gasteiger partial charge in [-0.05, 0) is 19.9 Å². The molecule has 5 nitrogen and oxygen atoms in total. The van der Waals surface area contributed by atoms with Gasteiger partial charge in [0.2, 0.25) is 0 Å². The first kappa shape index (κ1) is 12.5. The number of nitrogens with zero attached hydrogens (tertiary/aromatic N) is 3. The van der Waals surface area contributed by atoms with E-state index in [1.165, 1.54) is 0 Å². The first-order valence-corrected chi connectivity index (χ1v) is 6.39. The predicted octanol–water partition coefficient (Wildman–Crippen LogP) is 0.857. The first-order chi connectivity index (χ1) is 8.29. The van der Waals surface area contributed by atoms with Gasteiger partial charge in [-0.3, -0.25) is 4.68 Å². The third-order valence-electron chi connectivity index (χ3n) is 3.40. The summed E-state index contributed by atoms with van der Waals surface area (Å²) in [6.07, 6.45) is 4.81. The number of aryl methyl sites for hydroxylation is 1. The van der Waals surface area contributed by atoms with Gasteiger partial charge in [-0.15, -0.1) is 0 Å². The smallest absolute Gasteiger partial charge is 0.138 e. The van der Waals surface area contributed by atoms with E-state index in [2.05, 4.69) is 22.3 Å². The molecule has 0 amide bonds. The fourth-order valence-electron chi connectivity index (χ4n) is 2.52. The van der Waals surface area contributed by atoms with Gasteiger partial charge in [-0.1, -0.05) is 6.92 Å². The Bertz CT molecular complexity index is 344. The van der Waals surface area contributed by atoms with Gasteiger partial charge in [0, 0.05) is 31.5 Å². The van der Waals surface area contributed by atoms with Gasteiger partial charge in [-0.25, -0.2) is 4.98 Å². The maximum atomic E-state index is 5.56. The summed E-state index contributed by atoms with van der Waals surface area (Å²) in [4.78, 5) is 4.39. The van der Waals surface area contributed by atoms with Crippen molar-refractivity contribution in [3.63, 3.8) is 0 Å². The minimum Gasteiger partial charge on any atom is -0.381 e. The van der Waals surface area contributed by atoms with Crippen molar-refractivity contribution in [1.29, 1.82) is 0 Å². The highest BCUT2D eigenvalue weighted by Gasteiger charge is 2.35. The van der Waals surface area contributed by atoms with Crippen molar-refractivity contribution < 1.29 is 4.74 Å². The number of rotatable bonds is 6. The monoisotopic (exact) mass is 238 g/mol. The van der Waals surface area contributed by atoms with Crippen LogP contribution in [0.4, 0.5) is 0 Å². The molecule has 1 N–H and O–H groups in total. The molecule has 1 atom stereocenters. The highest BCUT2D eigenvalue weighted by Crippen LogP contribution is 2.31. The van der Waals surface area contributed by atoms with Crippen LogP contribution in [0.5, 0.6) is 0 Å². The molecule has 0 radical (unpaired) electrons. The Hall–Kier alpha value is -0.940. The maximum Gasteiger partial charge on any atom is 0.138 e. The van der Waals surface area contributed by atoms with Gasteiger partial charge in [0.15, 0.2) is 0 Å². The lowest BCUT2D eigenvalue weighted by atomic mass is 9.83. The second-order valence-electron chi connectivity index (χ2n) is 4.91. The molecule has 2 rings (SSSR count). The Balaban J connectivity index is 2.08. The Morgan fingerprint density at radius 2 is 2.47 bits per heavy atom. The molecule has 0 bridgehead atoms. The lowest BCUT2D eigenvalue weighted by molar-refractivity contribution is 0.148. The molecular formula is C12H22N4O. The van der Waals surface area contributed by atoms with E-state index in [1.54, 1.807) is 6.33 Å².